The van der Waals surface area contributed by atoms with Gasteiger partial charge in [-0.2, -0.15) is 0 Å². The van der Waals surface area contributed by atoms with Gasteiger partial charge < -0.3 is 5.32 Å². The van der Waals surface area contributed by atoms with Crippen LogP contribution < -0.4 is 5.32 Å². The van der Waals surface area contributed by atoms with Crippen molar-refractivity contribution in [3.05, 3.63) is 33.8 Å². The summed E-state index contributed by atoms with van der Waals surface area (Å²) < 4.78 is 28.1. The van der Waals surface area contributed by atoms with Crippen LogP contribution >= 0.6 is 15.9 Å². The zero-order valence-electron chi connectivity index (χ0n) is 12.1. The van der Waals surface area contributed by atoms with Crippen molar-refractivity contribution >= 4 is 15.9 Å². The number of hydrogen-bond acceptors (Lipinski definition) is 2. The van der Waals surface area contributed by atoms with Gasteiger partial charge in [0.1, 0.15) is 11.6 Å². The SMILES string of the molecule is CC(C)(C)C1CN(Cc2c(F)ccc(Br)c2F)CCN1. The molecule has 1 aromatic carbocycles. The molecule has 0 saturated carbocycles. The maximum absolute atomic E-state index is 14.0. The number of nitrogens with zero attached hydrogens (tertiary/aromatic N) is 1. The minimum Gasteiger partial charge on any atom is -0.311 e. The summed E-state index contributed by atoms with van der Waals surface area (Å²) in [5.74, 6) is -0.965. The van der Waals surface area contributed by atoms with E-state index in [1.165, 1.54) is 12.1 Å². The lowest BCUT2D eigenvalue weighted by Gasteiger charge is -2.40. The second-order valence-electron chi connectivity index (χ2n) is 6.43. The Balaban J connectivity index is 2.13. The van der Waals surface area contributed by atoms with Gasteiger partial charge in [0.25, 0.3) is 0 Å². The van der Waals surface area contributed by atoms with Crippen molar-refractivity contribution in [1.29, 1.82) is 0 Å². The molecule has 2 nitrogen and oxygen atoms in total. The Morgan fingerprint density at radius 2 is 2.05 bits per heavy atom. The molecule has 0 radical (unpaired) electrons. The first-order chi connectivity index (χ1) is 9.29. The standard InChI is InChI=1S/C15H21BrF2N2/c1-15(2,3)13-9-20(7-6-19-13)8-10-12(17)5-4-11(16)14(10)18/h4-5,13,19H,6-9H2,1-3H3. The highest BCUT2D eigenvalue weighted by Crippen LogP contribution is 2.25. The van der Waals surface area contributed by atoms with Crippen molar-refractivity contribution in [1.82, 2.24) is 10.2 Å². The molecule has 0 aliphatic carbocycles. The van der Waals surface area contributed by atoms with Gasteiger partial charge in [-0.25, -0.2) is 8.78 Å². The Kier molecular flexibility index (Phi) is 4.82. The van der Waals surface area contributed by atoms with Crippen molar-refractivity contribution in [3.8, 4) is 0 Å². The quantitative estimate of drug-likeness (QED) is 0.824. The Morgan fingerprint density at radius 3 is 2.70 bits per heavy atom. The van der Waals surface area contributed by atoms with Gasteiger partial charge in [0, 0.05) is 37.8 Å². The summed E-state index contributed by atoms with van der Waals surface area (Å²) in [6.07, 6.45) is 0. The van der Waals surface area contributed by atoms with E-state index in [-0.39, 0.29) is 11.0 Å². The molecule has 1 fully saturated rings. The van der Waals surface area contributed by atoms with Gasteiger partial charge in [-0.3, -0.25) is 4.90 Å². The van der Waals surface area contributed by atoms with Crippen LogP contribution in [0.25, 0.3) is 0 Å². The predicted octanol–water partition coefficient (Wildman–Crippen LogP) is 3.55. The summed E-state index contributed by atoms with van der Waals surface area (Å²) in [6.45, 7) is 9.29. The van der Waals surface area contributed by atoms with E-state index in [1.807, 2.05) is 0 Å². The first-order valence-electron chi connectivity index (χ1n) is 6.87. The third-order valence-corrected chi connectivity index (χ3v) is 4.44. The van der Waals surface area contributed by atoms with Crippen LogP contribution in [-0.2, 0) is 6.54 Å². The predicted molar refractivity (Wildman–Crippen MR) is 80.6 cm³/mol. The molecule has 2 rings (SSSR count). The molecule has 0 spiro atoms. The first kappa shape index (κ1) is 15.9. The summed E-state index contributed by atoms with van der Waals surface area (Å²) in [4.78, 5) is 2.11. The van der Waals surface area contributed by atoms with E-state index < -0.39 is 11.6 Å². The highest BCUT2D eigenvalue weighted by Gasteiger charge is 2.30. The number of nitrogens with one attached hydrogen (secondary N) is 1. The molecule has 1 aliphatic rings. The van der Waals surface area contributed by atoms with Gasteiger partial charge in [0.15, 0.2) is 0 Å². The second-order valence-corrected chi connectivity index (χ2v) is 7.28. The molecule has 20 heavy (non-hydrogen) atoms. The van der Waals surface area contributed by atoms with E-state index >= 15 is 0 Å². The average Bonchev–Trinajstić information content (AvgIpc) is 2.39. The largest absolute Gasteiger partial charge is 0.311 e. The van der Waals surface area contributed by atoms with Crippen molar-refractivity contribution in [2.75, 3.05) is 19.6 Å². The van der Waals surface area contributed by atoms with Crippen LogP contribution in [0.5, 0.6) is 0 Å². The molecule has 5 heteroatoms. The van der Waals surface area contributed by atoms with Gasteiger partial charge in [-0.05, 0) is 33.5 Å². The number of halogens is 3. The molecular formula is C15H21BrF2N2. The van der Waals surface area contributed by atoms with Crippen LogP contribution in [0, 0.1) is 17.0 Å². The molecule has 1 heterocycles. The van der Waals surface area contributed by atoms with Crippen LogP contribution in [0.15, 0.2) is 16.6 Å². The summed E-state index contributed by atoms with van der Waals surface area (Å²) in [7, 11) is 0. The Bertz CT molecular complexity index is 485. The molecule has 0 bridgehead atoms. The smallest absolute Gasteiger partial charge is 0.144 e. The zero-order chi connectivity index (χ0) is 14.9. The van der Waals surface area contributed by atoms with E-state index in [0.717, 1.165) is 19.6 Å². The highest BCUT2D eigenvalue weighted by molar-refractivity contribution is 9.10. The minimum absolute atomic E-state index is 0.132. The lowest BCUT2D eigenvalue weighted by atomic mass is 9.85. The van der Waals surface area contributed by atoms with Crippen LogP contribution in [-0.4, -0.2) is 30.6 Å². The minimum atomic E-state index is -0.490. The lowest BCUT2D eigenvalue weighted by Crippen LogP contribution is -2.55. The average molecular weight is 347 g/mol. The fourth-order valence-corrected chi connectivity index (χ4v) is 2.84. The molecule has 1 aliphatic heterocycles. The summed E-state index contributed by atoms with van der Waals surface area (Å²) >= 11 is 3.12. The molecule has 1 saturated heterocycles. The number of piperazine rings is 1. The third-order valence-electron chi connectivity index (χ3n) is 3.83. The maximum Gasteiger partial charge on any atom is 0.144 e. The second kappa shape index (κ2) is 6.08. The number of hydrogen-bond donors (Lipinski definition) is 1. The Labute approximate surface area is 127 Å². The summed E-state index contributed by atoms with van der Waals surface area (Å²) in [5.41, 5.74) is 0.279. The van der Waals surface area contributed by atoms with E-state index in [4.69, 9.17) is 0 Å². The number of rotatable bonds is 2. The lowest BCUT2D eigenvalue weighted by molar-refractivity contribution is 0.127. The van der Waals surface area contributed by atoms with E-state index in [1.54, 1.807) is 0 Å². The first-order valence-corrected chi connectivity index (χ1v) is 7.66. The fraction of sp³-hybridized carbons (Fsp3) is 0.600. The van der Waals surface area contributed by atoms with Gasteiger partial charge in [0.05, 0.1) is 4.47 Å². The monoisotopic (exact) mass is 346 g/mol. The van der Waals surface area contributed by atoms with E-state index in [9.17, 15) is 8.78 Å². The topological polar surface area (TPSA) is 15.3 Å². The van der Waals surface area contributed by atoms with Crippen LogP contribution in [0.3, 0.4) is 0 Å². The van der Waals surface area contributed by atoms with Gasteiger partial charge in [-0.1, -0.05) is 20.8 Å². The van der Waals surface area contributed by atoms with Gasteiger partial charge in [-0.15, -0.1) is 0 Å². The van der Waals surface area contributed by atoms with Gasteiger partial charge >= 0.3 is 0 Å². The van der Waals surface area contributed by atoms with E-state index in [2.05, 4.69) is 46.9 Å². The fourth-order valence-electron chi connectivity index (χ4n) is 2.47. The molecule has 1 N–H and O–H groups in total. The molecule has 112 valence electrons. The zero-order valence-corrected chi connectivity index (χ0v) is 13.7. The van der Waals surface area contributed by atoms with E-state index in [0.29, 0.717) is 17.1 Å². The normalized spacial score (nSPS) is 21.2. The van der Waals surface area contributed by atoms with Crippen molar-refractivity contribution < 1.29 is 8.78 Å². The molecule has 1 atom stereocenters. The number of benzene rings is 1. The molecule has 0 amide bonds. The Hall–Kier alpha value is -0.520. The third kappa shape index (κ3) is 3.57. The molecule has 1 aromatic rings. The Morgan fingerprint density at radius 1 is 1.35 bits per heavy atom. The van der Waals surface area contributed by atoms with Crippen LogP contribution in [0.4, 0.5) is 8.78 Å². The molecule has 0 aromatic heterocycles. The van der Waals surface area contributed by atoms with Crippen molar-refractivity contribution in [2.24, 2.45) is 5.41 Å². The highest BCUT2D eigenvalue weighted by atomic mass is 79.9. The van der Waals surface area contributed by atoms with Crippen molar-refractivity contribution in [3.63, 3.8) is 0 Å². The van der Waals surface area contributed by atoms with Crippen LogP contribution in [0.1, 0.15) is 26.3 Å². The van der Waals surface area contributed by atoms with Crippen molar-refractivity contribution in [2.45, 2.75) is 33.4 Å². The van der Waals surface area contributed by atoms with Gasteiger partial charge in [0.2, 0.25) is 0 Å². The summed E-state index contributed by atoms with van der Waals surface area (Å²) in [6, 6.07) is 3.05. The van der Waals surface area contributed by atoms with Crippen LogP contribution in [0.2, 0.25) is 0 Å². The molecular weight excluding hydrogens is 326 g/mol. The maximum atomic E-state index is 14.0. The molecule has 1 unspecified atom stereocenters. The summed E-state index contributed by atoms with van der Waals surface area (Å²) in [5, 5.41) is 3.48.